The Morgan fingerprint density at radius 1 is 1.53 bits per heavy atom. The van der Waals surface area contributed by atoms with Crippen LogP contribution in [0, 0.1) is 5.41 Å². The maximum absolute atomic E-state index is 11.7. The van der Waals surface area contributed by atoms with Crippen LogP contribution < -0.4 is 0 Å². The van der Waals surface area contributed by atoms with E-state index >= 15 is 0 Å². The van der Waals surface area contributed by atoms with E-state index in [0.29, 0.717) is 12.1 Å². The number of aliphatic carboxylic acids is 1. The molecule has 0 spiro atoms. The first-order valence-corrected chi connectivity index (χ1v) is 7.66. The van der Waals surface area contributed by atoms with Gasteiger partial charge in [0.05, 0.1) is 11.5 Å². The second-order valence-electron chi connectivity index (χ2n) is 6.27. The van der Waals surface area contributed by atoms with Gasteiger partial charge in [0.25, 0.3) is 0 Å². The van der Waals surface area contributed by atoms with Crippen LogP contribution in [-0.2, 0) is 9.53 Å². The van der Waals surface area contributed by atoms with Crippen molar-refractivity contribution in [1.82, 2.24) is 4.90 Å². The van der Waals surface area contributed by atoms with Gasteiger partial charge in [-0.1, -0.05) is 13.3 Å². The molecule has 4 heteroatoms. The predicted molar refractivity (Wildman–Crippen MR) is 74.2 cm³/mol. The Balaban J connectivity index is 2.04. The van der Waals surface area contributed by atoms with E-state index in [2.05, 4.69) is 18.7 Å². The van der Waals surface area contributed by atoms with Crippen molar-refractivity contribution in [2.24, 2.45) is 5.41 Å². The highest BCUT2D eigenvalue weighted by molar-refractivity contribution is 5.75. The largest absolute Gasteiger partial charge is 0.481 e. The van der Waals surface area contributed by atoms with E-state index in [4.69, 9.17) is 4.74 Å². The third kappa shape index (κ3) is 3.29. The minimum atomic E-state index is -0.598. The number of carbonyl (C=O) groups is 1. The van der Waals surface area contributed by atoms with Crippen molar-refractivity contribution >= 4 is 5.97 Å². The van der Waals surface area contributed by atoms with Crippen LogP contribution >= 0.6 is 0 Å². The van der Waals surface area contributed by atoms with E-state index in [1.165, 1.54) is 0 Å². The SMILES string of the molecule is CCCC1(C(=O)O)CCCN(C2CCOC(C)C2)C1. The predicted octanol–water partition coefficient (Wildman–Crippen LogP) is 2.52. The van der Waals surface area contributed by atoms with Crippen LogP contribution in [0.25, 0.3) is 0 Å². The summed E-state index contributed by atoms with van der Waals surface area (Å²) in [6.07, 6.45) is 6.01. The van der Waals surface area contributed by atoms with Crippen molar-refractivity contribution in [2.75, 3.05) is 19.7 Å². The zero-order valence-corrected chi connectivity index (χ0v) is 12.2. The summed E-state index contributed by atoms with van der Waals surface area (Å²) < 4.78 is 5.60. The van der Waals surface area contributed by atoms with Crippen LogP contribution in [0.1, 0.15) is 52.4 Å². The van der Waals surface area contributed by atoms with Gasteiger partial charge in [-0.3, -0.25) is 9.69 Å². The third-order valence-electron chi connectivity index (χ3n) is 4.76. The first kappa shape index (κ1) is 14.8. The maximum Gasteiger partial charge on any atom is 0.310 e. The van der Waals surface area contributed by atoms with Gasteiger partial charge in [0, 0.05) is 19.2 Å². The number of rotatable bonds is 4. The molecule has 0 radical (unpaired) electrons. The van der Waals surface area contributed by atoms with Crippen LogP contribution in [0.15, 0.2) is 0 Å². The standard InChI is InChI=1S/C15H27NO3/c1-3-6-15(14(17)18)7-4-8-16(11-15)13-5-9-19-12(2)10-13/h12-13H,3-11H2,1-2H3,(H,17,18). The molecule has 2 fully saturated rings. The number of hydrogen-bond donors (Lipinski definition) is 1. The Kier molecular flexibility index (Phi) is 4.85. The molecule has 2 aliphatic rings. The van der Waals surface area contributed by atoms with E-state index in [9.17, 15) is 9.90 Å². The molecule has 110 valence electrons. The molecule has 0 aliphatic carbocycles. The lowest BCUT2D eigenvalue weighted by Crippen LogP contribution is -2.53. The molecule has 1 N–H and O–H groups in total. The van der Waals surface area contributed by atoms with Gasteiger partial charge in [-0.25, -0.2) is 0 Å². The molecule has 4 nitrogen and oxygen atoms in total. The fraction of sp³-hybridized carbons (Fsp3) is 0.933. The lowest BCUT2D eigenvalue weighted by atomic mass is 9.75. The lowest BCUT2D eigenvalue weighted by molar-refractivity contribution is -0.154. The molecule has 0 bridgehead atoms. The molecule has 0 aromatic rings. The van der Waals surface area contributed by atoms with Crippen LogP contribution in [0.4, 0.5) is 0 Å². The first-order chi connectivity index (χ1) is 9.07. The zero-order valence-electron chi connectivity index (χ0n) is 12.2. The fourth-order valence-electron chi connectivity index (χ4n) is 3.75. The third-order valence-corrected chi connectivity index (χ3v) is 4.76. The Labute approximate surface area is 116 Å². The normalized spacial score (nSPS) is 37.2. The number of hydrogen-bond acceptors (Lipinski definition) is 3. The Bertz CT molecular complexity index is 317. The number of carboxylic acid groups (broad SMARTS) is 1. The number of nitrogens with zero attached hydrogens (tertiary/aromatic N) is 1. The van der Waals surface area contributed by atoms with E-state index in [0.717, 1.165) is 58.2 Å². The average molecular weight is 269 g/mol. The molecule has 2 heterocycles. The van der Waals surface area contributed by atoms with Gasteiger partial charge in [0.2, 0.25) is 0 Å². The number of carboxylic acids is 1. The molecule has 3 unspecified atom stereocenters. The molecular weight excluding hydrogens is 242 g/mol. The highest BCUT2D eigenvalue weighted by Gasteiger charge is 2.43. The molecule has 2 rings (SSSR count). The molecule has 2 saturated heterocycles. The summed E-state index contributed by atoms with van der Waals surface area (Å²) in [4.78, 5) is 14.1. The van der Waals surface area contributed by atoms with Crippen molar-refractivity contribution in [1.29, 1.82) is 0 Å². The molecule has 0 amide bonds. The molecular formula is C15H27NO3. The summed E-state index contributed by atoms with van der Waals surface area (Å²) in [6, 6.07) is 0.514. The monoisotopic (exact) mass is 269 g/mol. The molecule has 2 aliphatic heterocycles. The topological polar surface area (TPSA) is 49.8 Å². The molecule has 0 aromatic heterocycles. The van der Waals surface area contributed by atoms with Crippen LogP contribution in [0.5, 0.6) is 0 Å². The fourth-order valence-corrected chi connectivity index (χ4v) is 3.75. The first-order valence-electron chi connectivity index (χ1n) is 7.66. The highest BCUT2D eigenvalue weighted by atomic mass is 16.5. The van der Waals surface area contributed by atoms with Crippen LogP contribution in [-0.4, -0.2) is 47.8 Å². The minimum absolute atomic E-state index is 0.311. The average Bonchev–Trinajstić information content (AvgIpc) is 2.39. The molecule has 0 aromatic carbocycles. The van der Waals surface area contributed by atoms with E-state index < -0.39 is 11.4 Å². The van der Waals surface area contributed by atoms with Crippen molar-refractivity contribution in [3.05, 3.63) is 0 Å². The number of ether oxygens (including phenoxy) is 1. The molecule has 19 heavy (non-hydrogen) atoms. The Morgan fingerprint density at radius 2 is 2.32 bits per heavy atom. The Hall–Kier alpha value is -0.610. The summed E-state index contributed by atoms with van der Waals surface area (Å²) in [5.74, 6) is -0.598. The summed E-state index contributed by atoms with van der Waals surface area (Å²) >= 11 is 0. The summed E-state index contributed by atoms with van der Waals surface area (Å²) in [5, 5.41) is 9.64. The maximum atomic E-state index is 11.7. The van der Waals surface area contributed by atoms with E-state index in [-0.39, 0.29) is 0 Å². The van der Waals surface area contributed by atoms with Gasteiger partial charge in [-0.05, 0) is 45.6 Å². The van der Waals surface area contributed by atoms with Crippen molar-refractivity contribution < 1.29 is 14.6 Å². The second-order valence-corrected chi connectivity index (χ2v) is 6.27. The minimum Gasteiger partial charge on any atom is -0.481 e. The zero-order chi connectivity index (χ0) is 13.9. The molecule has 3 atom stereocenters. The van der Waals surface area contributed by atoms with Gasteiger partial charge < -0.3 is 9.84 Å². The van der Waals surface area contributed by atoms with Gasteiger partial charge in [-0.2, -0.15) is 0 Å². The highest BCUT2D eigenvalue weighted by Crippen LogP contribution is 2.37. The molecule has 0 saturated carbocycles. The number of piperidine rings is 1. The van der Waals surface area contributed by atoms with Gasteiger partial charge in [0.1, 0.15) is 0 Å². The quantitative estimate of drug-likeness (QED) is 0.852. The summed E-state index contributed by atoms with van der Waals surface area (Å²) in [6.45, 7) is 6.80. The smallest absolute Gasteiger partial charge is 0.310 e. The van der Waals surface area contributed by atoms with Gasteiger partial charge >= 0.3 is 5.97 Å². The summed E-state index contributed by atoms with van der Waals surface area (Å²) in [7, 11) is 0. The Morgan fingerprint density at radius 3 is 2.95 bits per heavy atom. The van der Waals surface area contributed by atoms with Crippen LogP contribution in [0.3, 0.4) is 0 Å². The summed E-state index contributed by atoms with van der Waals surface area (Å²) in [5.41, 5.74) is -0.505. The van der Waals surface area contributed by atoms with Crippen molar-refractivity contribution in [3.63, 3.8) is 0 Å². The van der Waals surface area contributed by atoms with Gasteiger partial charge in [-0.15, -0.1) is 0 Å². The number of likely N-dealkylation sites (tertiary alicyclic amines) is 1. The lowest BCUT2D eigenvalue weighted by Gasteiger charge is -2.45. The van der Waals surface area contributed by atoms with Crippen LogP contribution in [0.2, 0.25) is 0 Å². The van der Waals surface area contributed by atoms with E-state index in [1.807, 2.05) is 0 Å². The second kappa shape index (κ2) is 6.23. The van der Waals surface area contributed by atoms with E-state index in [1.54, 1.807) is 0 Å². The van der Waals surface area contributed by atoms with Crippen molar-refractivity contribution in [3.8, 4) is 0 Å². The van der Waals surface area contributed by atoms with Crippen molar-refractivity contribution in [2.45, 2.75) is 64.5 Å². The van der Waals surface area contributed by atoms with Gasteiger partial charge in [0.15, 0.2) is 0 Å².